The van der Waals surface area contributed by atoms with Crippen molar-refractivity contribution >= 4 is 27.5 Å². The molecule has 0 radical (unpaired) electrons. The van der Waals surface area contributed by atoms with Crippen LogP contribution >= 0.6 is 0 Å². The van der Waals surface area contributed by atoms with Gasteiger partial charge in [0.2, 0.25) is 0 Å². The molecule has 0 spiro atoms. The summed E-state index contributed by atoms with van der Waals surface area (Å²) in [7, 11) is 0. The van der Waals surface area contributed by atoms with Gasteiger partial charge in [-0.1, -0.05) is 73.3 Å². The smallest absolute Gasteiger partial charge is 0.340 e. The third-order valence-corrected chi connectivity index (χ3v) is 6.92. The molecule has 0 atom stereocenters. The molecule has 4 aromatic carbocycles. The number of allylic oxidation sites excluding steroid dienone is 1. The number of hydrogen-bond acceptors (Lipinski definition) is 4. The summed E-state index contributed by atoms with van der Waals surface area (Å²) in [6.07, 6.45) is 5.43. The normalized spacial score (nSPS) is 15.1. The predicted molar refractivity (Wildman–Crippen MR) is 158 cm³/mol. The Labute approximate surface area is 230 Å². The van der Waals surface area contributed by atoms with Crippen molar-refractivity contribution in [2.45, 2.75) is 52.4 Å². The molecule has 0 aliphatic carbocycles. The van der Waals surface area contributed by atoms with Gasteiger partial charge in [0, 0.05) is 27.5 Å². The lowest BCUT2D eigenvalue weighted by atomic mass is 9.75. The van der Waals surface area contributed by atoms with Crippen LogP contribution in [0.1, 0.15) is 45.7 Å². The first-order chi connectivity index (χ1) is 18.8. The van der Waals surface area contributed by atoms with Gasteiger partial charge >= 0.3 is 5.97 Å². The van der Waals surface area contributed by atoms with Crippen molar-refractivity contribution in [3.8, 4) is 11.5 Å². The molecule has 39 heavy (non-hydrogen) atoms. The SMILES string of the molecule is C=CC1=C(/C=C\C)C(=O)OC1(c1ccc(OC(C)C)c2ccccc12)c1ccc(OC(C)C)c2ccccc12. The van der Waals surface area contributed by atoms with E-state index in [1.165, 1.54) is 0 Å². The number of fused-ring (bicyclic) bond motifs is 2. The second kappa shape index (κ2) is 10.5. The Morgan fingerprint density at radius 3 is 1.62 bits per heavy atom. The highest BCUT2D eigenvalue weighted by Gasteiger charge is 2.50. The summed E-state index contributed by atoms with van der Waals surface area (Å²) in [5.41, 5.74) is 1.65. The quantitative estimate of drug-likeness (QED) is 0.220. The zero-order chi connectivity index (χ0) is 27.7. The molecular weight excluding hydrogens is 484 g/mol. The highest BCUT2D eigenvalue weighted by Crippen LogP contribution is 2.52. The molecule has 0 amide bonds. The molecule has 0 saturated heterocycles. The topological polar surface area (TPSA) is 44.8 Å². The minimum atomic E-state index is -1.24. The lowest BCUT2D eigenvalue weighted by molar-refractivity contribution is -0.144. The van der Waals surface area contributed by atoms with E-state index in [4.69, 9.17) is 14.2 Å². The van der Waals surface area contributed by atoms with Crippen LogP contribution in [0, 0.1) is 0 Å². The van der Waals surface area contributed by atoms with Gasteiger partial charge in [-0.3, -0.25) is 0 Å². The second-order valence-corrected chi connectivity index (χ2v) is 10.2. The molecule has 0 saturated carbocycles. The molecule has 0 unspecified atom stereocenters. The Morgan fingerprint density at radius 1 is 0.744 bits per heavy atom. The molecule has 0 fully saturated rings. The van der Waals surface area contributed by atoms with E-state index in [1.54, 1.807) is 12.2 Å². The third kappa shape index (κ3) is 4.40. The Bertz CT molecular complexity index is 1540. The summed E-state index contributed by atoms with van der Waals surface area (Å²) >= 11 is 0. The molecule has 4 aromatic rings. The Morgan fingerprint density at radius 2 is 1.21 bits per heavy atom. The summed E-state index contributed by atoms with van der Waals surface area (Å²) in [6.45, 7) is 14.1. The summed E-state index contributed by atoms with van der Waals surface area (Å²) in [5, 5.41) is 3.78. The van der Waals surface area contributed by atoms with E-state index in [2.05, 4.69) is 18.7 Å². The van der Waals surface area contributed by atoms with Crippen LogP contribution in [0.5, 0.6) is 11.5 Å². The van der Waals surface area contributed by atoms with Crippen molar-refractivity contribution in [1.29, 1.82) is 0 Å². The van der Waals surface area contributed by atoms with Crippen LogP contribution in [0.3, 0.4) is 0 Å². The standard InChI is InChI=1S/C35H34O4/c1-7-13-28-29(8-2)35(39-34(28)36,30-18-20-32(37-22(3)4)26-16-11-9-14-24(26)30)31-19-21-33(38-23(5)6)27-17-12-10-15-25(27)31/h7-23H,2H2,1,3-6H3/b13-7-. The van der Waals surface area contributed by atoms with Gasteiger partial charge in [0.15, 0.2) is 5.60 Å². The fraction of sp³-hybridized carbons (Fsp3) is 0.229. The summed E-state index contributed by atoms with van der Waals surface area (Å²) in [4.78, 5) is 13.6. The van der Waals surface area contributed by atoms with Crippen molar-refractivity contribution < 1.29 is 19.0 Å². The van der Waals surface area contributed by atoms with E-state index in [1.807, 2.05) is 101 Å². The number of carbonyl (C=O) groups is 1. The molecule has 0 bridgehead atoms. The summed E-state index contributed by atoms with van der Waals surface area (Å²) in [6, 6.07) is 24.2. The van der Waals surface area contributed by atoms with Gasteiger partial charge in [-0.15, -0.1) is 0 Å². The van der Waals surface area contributed by atoms with E-state index in [9.17, 15) is 4.79 Å². The lowest BCUT2D eigenvalue weighted by Gasteiger charge is -2.34. The van der Waals surface area contributed by atoms with Crippen LogP contribution in [-0.4, -0.2) is 18.2 Å². The average molecular weight is 519 g/mol. The largest absolute Gasteiger partial charge is 0.490 e. The van der Waals surface area contributed by atoms with E-state index in [-0.39, 0.29) is 18.2 Å². The zero-order valence-electron chi connectivity index (χ0n) is 23.2. The van der Waals surface area contributed by atoms with Gasteiger partial charge in [-0.2, -0.15) is 0 Å². The number of rotatable bonds is 8. The minimum Gasteiger partial charge on any atom is -0.490 e. The van der Waals surface area contributed by atoms with Gasteiger partial charge in [-0.25, -0.2) is 4.79 Å². The van der Waals surface area contributed by atoms with E-state index < -0.39 is 5.60 Å². The van der Waals surface area contributed by atoms with Crippen LogP contribution in [0.25, 0.3) is 21.5 Å². The zero-order valence-corrected chi connectivity index (χ0v) is 23.2. The van der Waals surface area contributed by atoms with Crippen molar-refractivity contribution in [2.75, 3.05) is 0 Å². The number of hydrogen-bond donors (Lipinski definition) is 0. The van der Waals surface area contributed by atoms with Gasteiger partial charge in [0.25, 0.3) is 0 Å². The maximum atomic E-state index is 13.6. The number of esters is 1. The first-order valence-electron chi connectivity index (χ1n) is 13.4. The summed E-state index contributed by atoms with van der Waals surface area (Å²) in [5.74, 6) is 1.18. The summed E-state index contributed by atoms with van der Waals surface area (Å²) < 4.78 is 18.9. The van der Waals surface area contributed by atoms with Gasteiger partial charge in [0.05, 0.1) is 17.8 Å². The second-order valence-electron chi connectivity index (χ2n) is 10.2. The molecule has 0 aromatic heterocycles. The van der Waals surface area contributed by atoms with E-state index >= 15 is 0 Å². The Hall–Kier alpha value is -4.31. The van der Waals surface area contributed by atoms with Crippen LogP contribution in [0.4, 0.5) is 0 Å². The number of benzene rings is 4. The molecule has 1 heterocycles. The van der Waals surface area contributed by atoms with Crippen LogP contribution in [-0.2, 0) is 15.1 Å². The molecule has 1 aliphatic heterocycles. The van der Waals surface area contributed by atoms with E-state index in [0.29, 0.717) is 11.1 Å². The van der Waals surface area contributed by atoms with E-state index in [0.717, 1.165) is 44.2 Å². The maximum absolute atomic E-state index is 13.6. The molecule has 1 aliphatic rings. The first-order valence-corrected chi connectivity index (χ1v) is 13.4. The van der Waals surface area contributed by atoms with Crippen molar-refractivity contribution in [1.82, 2.24) is 0 Å². The monoisotopic (exact) mass is 518 g/mol. The number of carbonyl (C=O) groups excluding carboxylic acids is 1. The molecular formula is C35H34O4. The number of cyclic esters (lactones) is 1. The third-order valence-electron chi connectivity index (χ3n) is 6.92. The van der Waals surface area contributed by atoms with Gasteiger partial charge < -0.3 is 14.2 Å². The highest BCUT2D eigenvalue weighted by atomic mass is 16.6. The molecule has 198 valence electrons. The average Bonchev–Trinajstić information content (AvgIpc) is 3.20. The van der Waals surface area contributed by atoms with Crippen molar-refractivity contribution in [3.05, 3.63) is 120 Å². The fourth-order valence-corrected chi connectivity index (χ4v) is 5.54. The first kappa shape index (κ1) is 26.3. The molecule has 4 heteroatoms. The van der Waals surface area contributed by atoms with Crippen molar-refractivity contribution in [3.63, 3.8) is 0 Å². The van der Waals surface area contributed by atoms with Crippen LogP contribution < -0.4 is 9.47 Å². The number of ether oxygens (including phenoxy) is 3. The molecule has 5 rings (SSSR count). The fourth-order valence-electron chi connectivity index (χ4n) is 5.54. The Kier molecular flexibility index (Phi) is 7.05. The minimum absolute atomic E-state index is 0.0138. The molecule has 4 nitrogen and oxygen atoms in total. The van der Waals surface area contributed by atoms with Crippen LogP contribution in [0.2, 0.25) is 0 Å². The van der Waals surface area contributed by atoms with Crippen molar-refractivity contribution in [2.24, 2.45) is 0 Å². The maximum Gasteiger partial charge on any atom is 0.340 e. The lowest BCUT2D eigenvalue weighted by Crippen LogP contribution is -2.31. The van der Waals surface area contributed by atoms with Crippen LogP contribution in [0.15, 0.2) is 109 Å². The highest BCUT2D eigenvalue weighted by molar-refractivity contribution is 6.02. The molecule has 0 N–H and O–H groups in total. The Balaban J connectivity index is 1.92. The predicted octanol–water partition coefficient (Wildman–Crippen LogP) is 8.43. The van der Waals surface area contributed by atoms with Gasteiger partial charge in [0.1, 0.15) is 11.5 Å². The van der Waals surface area contributed by atoms with Gasteiger partial charge in [-0.05, 0) is 69.7 Å².